The Kier molecular flexibility index (Phi) is 5.52. The van der Waals surface area contributed by atoms with Gasteiger partial charge in [0.05, 0.1) is 7.11 Å². The van der Waals surface area contributed by atoms with Crippen LogP contribution in [0.15, 0.2) is 54.6 Å². The van der Waals surface area contributed by atoms with Crippen molar-refractivity contribution in [3.8, 4) is 5.75 Å². The van der Waals surface area contributed by atoms with Crippen LogP contribution in [-0.2, 0) is 4.79 Å². The first kappa shape index (κ1) is 16.6. The minimum absolute atomic E-state index is 0.114. The van der Waals surface area contributed by atoms with Gasteiger partial charge in [0.1, 0.15) is 5.75 Å². The number of rotatable bonds is 5. The van der Waals surface area contributed by atoms with E-state index in [-0.39, 0.29) is 5.91 Å². The topological polar surface area (TPSA) is 38.3 Å². The van der Waals surface area contributed by atoms with E-state index in [2.05, 4.69) is 35.6 Å². The molecule has 1 fully saturated rings. The number of anilines is 1. The zero-order valence-corrected chi connectivity index (χ0v) is 14.2. The highest BCUT2D eigenvalue weighted by Gasteiger charge is 2.23. The Balaban J connectivity index is 1.46. The third-order valence-electron chi connectivity index (χ3n) is 4.97. The van der Waals surface area contributed by atoms with Gasteiger partial charge in [-0.25, -0.2) is 0 Å². The van der Waals surface area contributed by atoms with Crippen molar-refractivity contribution in [2.45, 2.75) is 38.0 Å². The van der Waals surface area contributed by atoms with Crippen LogP contribution in [0.5, 0.6) is 5.75 Å². The predicted molar refractivity (Wildman–Crippen MR) is 97.4 cm³/mol. The zero-order chi connectivity index (χ0) is 16.8. The number of amides is 1. The highest BCUT2D eigenvalue weighted by molar-refractivity contribution is 5.90. The maximum atomic E-state index is 12.2. The molecule has 0 saturated heterocycles. The molecule has 1 amide bonds. The van der Waals surface area contributed by atoms with Gasteiger partial charge in [0.25, 0.3) is 0 Å². The lowest BCUT2D eigenvalue weighted by atomic mass is 9.77. The van der Waals surface area contributed by atoms with Gasteiger partial charge >= 0.3 is 0 Å². The summed E-state index contributed by atoms with van der Waals surface area (Å²) in [6.45, 7) is 0. The molecule has 0 aliphatic heterocycles. The molecular weight excluding hydrogens is 298 g/mol. The van der Waals surface area contributed by atoms with Gasteiger partial charge in [-0.1, -0.05) is 30.3 Å². The molecule has 3 rings (SSSR count). The Labute approximate surface area is 144 Å². The molecule has 1 aliphatic rings. The van der Waals surface area contributed by atoms with Crippen molar-refractivity contribution in [3.05, 3.63) is 60.2 Å². The smallest absolute Gasteiger partial charge is 0.224 e. The number of methoxy groups -OCH3 is 1. The normalized spacial score (nSPS) is 20.4. The van der Waals surface area contributed by atoms with Crippen LogP contribution in [-0.4, -0.2) is 13.0 Å². The number of carbonyl (C=O) groups excluding carboxylic acids is 1. The fourth-order valence-electron chi connectivity index (χ4n) is 3.57. The number of carbonyl (C=O) groups is 1. The average Bonchev–Trinajstić information content (AvgIpc) is 2.64. The van der Waals surface area contributed by atoms with Crippen molar-refractivity contribution in [3.63, 3.8) is 0 Å². The maximum absolute atomic E-state index is 12.2. The molecule has 0 atom stereocenters. The van der Waals surface area contributed by atoms with Gasteiger partial charge in [0.15, 0.2) is 0 Å². The largest absolute Gasteiger partial charge is 0.497 e. The molecule has 3 heteroatoms. The van der Waals surface area contributed by atoms with E-state index in [1.54, 1.807) is 7.11 Å². The standard InChI is InChI=1S/C21H25NO2/c1-24-20-13-11-19(12-14-20)22-21(23)15-16-7-9-18(10-8-16)17-5-3-2-4-6-17/h2-6,11-14,16,18H,7-10,15H2,1H3,(H,22,23). The second-order valence-corrected chi connectivity index (χ2v) is 6.61. The minimum atomic E-state index is 0.114. The summed E-state index contributed by atoms with van der Waals surface area (Å²) in [5.41, 5.74) is 2.28. The molecule has 0 radical (unpaired) electrons. The molecule has 2 aromatic rings. The van der Waals surface area contributed by atoms with E-state index in [0.29, 0.717) is 18.3 Å². The van der Waals surface area contributed by atoms with E-state index >= 15 is 0 Å². The Morgan fingerprint density at radius 1 is 1.00 bits per heavy atom. The van der Waals surface area contributed by atoms with E-state index in [1.165, 1.54) is 18.4 Å². The number of hydrogen-bond donors (Lipinski definition) is 1. The molecule has 1 aliphatic carbocycles. The van der Waals surface area contributed by atoms with E-state index < -0.39 is 0 Å². The van der Waals surface area contributed by atoms with Crippen LogP contribution in [0, 0.1) is 5.92 Å². The van der Waals surface area contributed by atoms with Crippen molar-refractivity contribution in [1.82, 2.24) is 0 Å². The summed E-state index contributed by atoms with van der Waals surface area (Å²) in [7, 11) is 1.64. The Morgan fingerprint density at radius 2 is 1.67 bits per heavy atom. The molecule has 0 heterocycles. The average molecular weight is 323 g/mol. The molecule has 126 valence electrons. The maximum Gasteiger partial charge on any atom is 0.224 e. The van der Waals surface area contributed by atoms with E-state index in [0.717, 1.165) is 24.3 Å². The quantitative estimate of drug-likeness (QED) is 0.841. The minimum Gasteiger partial charge on any atom is -0.497 e. The SMILES string of the molecule is COc1ccc(NC(=O)CC2CCC(c3ccccc3)CC2)cc1. The molecule has 24 heavy (non-hydrogen) atoms. The Hall–Kier alpha value is -2.29. The number of nitrogens with one attached hydrogen (secondary N) is 1. The first-order valence-corrected chi connectivity index (χ1v) is 8.73. The van der Waals surface area contributed by atoms with Crippen LogP contribution in [0.3, 0.4) is 0 Å². The van der Waals surface area contributed by atoms with E-state index in [9.17, 15) is 4.79 Å². The van der Waals surface area contributed by atoms with Crippen molar-refractivity contribution in [1.29, 1.82) is 0 Å². The molecule has 0 aromatic heterocycles. The van der Waals surface area contributed by atoms with Gasteiger partial charge in [-0.15, -0.1) is 0 Å². The summed E-state index contributed by atoms with van der Waals surface area (Å²) in [6.07, 6.45) is 5.26. The van der Waals surface area contributed by atoms with Gasteiger partial charge in [-0.05, 0) is 67.3 Å². The lowest BCUT2D eigenvalue weighted by Crippen LogP contribution is -2.20. The summed E-state index contributed by atoms with van der Waals surface area (Å²) in [5.74, 6) is 2.07. The fourth-order valence-corrected chi connectivity index (χ4v) is 3.57. The molecule has 1 N–H and O–H groups in total. The fraction of sp³-hybridized carbons (Fsp3) is 0.381. The summed E-state index contributed by atoms with van der Waals surface area (Å²) in [5, 5.41) is 2.99. The van der Waals surface area contributed by atoms with Crippen LogP contribution in [0.1, 0.15) is 43.6 Å². The summed E-state index contributed by atoms with van der Waals surface area (Å²) in [4.78, 5) is 12.2. The zero-order valence-electron chi connectivity index (χ0n) is 14.2. The van der Waals surface area contributed by atoms with Gasteiger partial charge in [-0.3, -0.25) is 4.79 Å². The summed E-state index contributed by atoms with van der Waals surface area (Å²) < 4.78 is 5.13. The molecule has 0 spiro atoms. The van der Waals surface area contributed by atoms with Gasteiger partial charge in [0, 0.05) is 12.1 Å². The third kappa shape index (κ3) is 4.38. The van der Waals surface area contributed by atoms with Crippen molar-refractivity contribution < 1.29 is 9.53 Å². The first-order chi connectivity index (χ1) is 11.7. The van der Waals surface area contributed by atoms with Crippen molar-refractivity contribution in [2.24, 2.45) is 5.92 Å². The third-order valence-corrected chi connectivity index (χ3v) is 4.97. The molecule has 2 aromatic carbocycles. The molecular formula is C21H25NO2. The van der Waals surface area contributed by atoms with Crippen molar-refractivity contribution >= 4 is 11.6 Å². The molecule has 1 saturated carbocycles. The van der Waals surface area contributed by atoms with Gasteiger partial charge in [-0.2, -0.15) is 0 Å². The molecule has 0 unspecified atom stereocenters. The second kappa shape index (κ2) is 8.00. The van der Waals surface area contributed by atoms with E-state index in [4.69, 9.17) is 4.74 Å². The molecule has 0 bridgehead atoms. The lowest BCUT2D eigenvalue weighted by Gasteiger charge is -2.28. The Morgan fingerprint density at radius 3 is 2.29 bits per heavy atom. The monoisotopic (exact) mass is 323 g/mol. The highest BCUT2D eigenvalue weighted by Crippen LogP contribution is 2.37. The van der Waals surface area contributed by atoms with Gasteiger partial charge in [0.2, 0.25) is 5.91 Å². The van der Waals surface area contributed by atoms with Crippen LogP contribution in [0.4, 0.5) is 5.69 Å². The van der Waals surface area contributed by atoms with Crippen molar-refractivity contribution in [2.75, 3.05) is 12.4 Å². The predicted octanol–water partition coefficient (Wildman–Crippen LogP) is 5.00. The number of benzene rings is 2. The number of hydrogen-bond acceptors (Lipinski definition) is 2. The van der Waals surface area contributed by atoms with E-state index in [1.807, 2.05) is 24.3 Å². The highest BCUT2D eigenvalue weighted by atomic mass is 16.5. The molecule has 3 nitrogen and oxygen atoms in total. The van der Waals surface area contributed by atoms with Gasteiger partial charge < -0.3 is 10.1 Å². The Bertz CT molecular complexity index is 643. The summed E-state index contributed by atoms with van der Waals surface area (Å²) >= 11 is 0. The second-order valence-electron chi connectivity index (χ2n) is 6.61. The summed E-state index contributed by atoms with van der Waals surface area (Å²) in [6, 6.07) is 18.2. The van der Waals surface area contributed by atoms with Crippen LogP contribution >= 0.6 is 0 Å². The van der Waals surface area contributed by atoms with Crippen LogP contribution in [0.2, 0.25) is 0 Å². The van der Waals surface area contributed by atoms with Crippen LogP contribution < -0.4 is 10.1 Å². The lowest BCUT2D eigenvalue weighted by molar-refractivity contribution is -0.117. The van der Waals surface area contributed by atoms with Crippen LogP contribution in [0.25, 0.3) is 0 Å². The number of ether oxygens (including phenoxy) is 1. The first-order valence-electron chi connectivity index (χ1n) is 8.73.